The van der Waals surface area contributed by atoms with Crippen molar-refractivity contribution in [3.8, 4) is 0 Å². The van der Waals surface area contributed by atoms with E-state index in [0.717, 1.165) is 0 Å². The second kappa shape index (κ2) is 1.93. The third-order valence-electron chi connectivity index (χ3n) is 2.71. The number of rotatable bonds is 1. The Bertz CT molecular complexity index is 171. The molecule has 1 saturated carbocycles. The standard InChI is InChI=1S/C7H11F2NO/c8-7(9)1-5(2-7)6(11)3-10-4-6/h5,10-11H,1-4H2. The molecule has 1 aliphatic heterocycles. The van der Waals surface area contributed by atoms with Gasteiger partial charge in [-0.1, -0.05) is 0 Å². The van der Waals surface area contributed by atoms with Crippen molar-refractivity contribution in [1.29, 1.82) is 0 Å². The van der Waals surface area contributed by atoms with Crippen molar-refractivity contribution in [2.45, 2.75) is 24.4 Å². The molecule has 2 aliphatic rings. The van der Waals surface area contributed by atoms with E-state index < -0.39 is 11.5 Å². The molecule has 0 radical (unpaired) electrons. The van der Waals surface area contributed by atoms with Gasteiger partial charge in [-0.25, -0.2) is 8.78 Å². The largest absolute Gasteiger partial charge is 0.387 e. The first-order chi connectivity index (χ1) is 5.02. The second-order valence-electron chi connectivity index (χ2n) is 3.67. The number of hydrogen-bond acceptors (Lipinski definition) is 2. The van der Waals surface area contributed by atoms with Crippen LogP contribution in [0.4, 0.5) is 8.78 Å². The number of β-amino-alcohol motifs (C(OH)–C–C–N with tert-alkyl or cyclic N) is 1. The molecule has 2 fully saturated rings. The Morgan fingerprint density at radius 2 is 1.82 bits per heavy atom. The van der Waals surface area contributed by atoms with Crippen LogP contribution in [0.25, 0.3) is 0 Å². The Labute approximate surface area is 63.6 Å². The Balaban J connectivity index is 1.91. The summed E-state index contributed by atoms with van der Waals surface area (Å²) >= 11 is 0. The molecule has 0 amide bonds. The van der Waals surface area contributed by atoms with Crippen molar-refractivity contribution < 1.29 is 13.9 Å². The van der Waals surface area contributed by atoms with Crippen LogP contribution in [0.1, 0.15) is 12.8 Å². The molecule has 0 aromatic carbocycles. The monoisotopic (exact) mass is 163 g/mol. The Morgan fingerprint density at radius 3 is 2.09 bits per heavy atom. The van der Waals surface area contributed by atoms with Crippen molar-refractivity contribution >= 4 is 0 Å². The average Bonchev–Trinajstić information content (AvgIpc) is 1.77. The average molecular weight is 163 g/mol. The summed E-state index contributed by atoms with van der Waals surface area (Å²) in [5, 5.41) is 12.4. The maximum Gasteiger partial charge on any atom is 0.248 e. The van der Waals surface area contributed by atoms with Crippen LogP contribution in [-0.2, 0) is 0 Å². The SMILES string of the molecule is OC1(C2CC(F)(F)C2)CNC1. The molecule has 0 spiro atoms. The van der Waals surface area contributed by atoms with Crippen LogP contribution in [0.5, 0.6) is 0 Å². The quantitative estimate of drug-likeness (QED) is 0.585. The third-order valence-corrected chi connectivity index (χ3v) is 2.71. The molecule has 4 heteroatoms. The minimum atomic E-state index is -2.50. The molecular formula is C7H11F2NO. The topological polar surface area (TPSA) is 32.3 Å². The Hall–Kier alpha value is -0.220. The highest BCUT2D eigenvalue weighted by atomic mass is 19.3. The molecule has 11 heavy (non-hydrogen) atoms. The summed E-state index contributed by atoms with van der Waals surface area (Å²) in [6.45, 7) is 0.960. The summed E-state index contributed by atoms with van der Waals surface area (Å²) in [4.78, 5) is 0. The van der Waals surface area contributed by atoms with Gasteiger partial charge in [0, 0.05) is 31.8 Å². The smallest absolute Gasteiger partial charge is 0.248 e. The van der Waals surface area contributed by atoms with Crippen LogP contribution >= 0.6 is 0 Å². The summed E-state index contributed by atoms with van der Waals surface area (Å²) in [6, 6.07) is 0. The van der Waals surface area contributed by atoms with Gasteiger partial charge in [-0.2, -0.15) is 0 Å². The predicted molar refractivity (Wildman–Crippen MR) is 35.5 cm³/mol. The van der Waals surface area contributed by atoms with E-state index in [-0.39, 0.29) is 18.8 Å². The van der Waals surface area contributed by atoms with Crippen LogP contribution < -0.4 is 5.32 Å². The molecule has 2 N–H and O–H groups in total. The van der Waals surface area contributed by atoms with E-state index in [1.54, 1.807) is 0 Å². The second-order valence-corrected chi connectivity index (χ2v) is 3.67. The number of hydrogen-bond donors (Lipinski definition) is 2. The highest BCUT2D eigenvalue weighted by Crippen LogP contribution is 2.48. The van der Waals surface area contributed by atoms with Gasteiger partial charge in [0.15, 0.2) is 0 Å². The lowest BCUT2D eigenvalue weighted by Gasteiger charge is -2.50. The molecule has 1 saturated heterocycles. The lowest BCUT2D eigenvalue weighted by molar-refractivity contribution is -0.189. The Kier molecular flexibility index (Phi) is 1.30. The van der Waals surface area contributed by atoms with Crippen molar-refractivity contribution in [3.05, 3.63) is 0 Å². The normalized spacial score (nSPS) is 34.1. The van der Waals surface area contributed by atoms with E-state index in [0.29, 0.717) is 13.1 Å². The van der Waals surface area contributed by atoms with Gasteiger partial charge < -0.3 is 10.4 Å². The van der Waals surface area contributed by atoms with E-state index in [1.807, 2.05) is 0 Å². The van der Waals surface area contributed by atoms with Crippen LogP contribution in [0.3, 0.4) is 0 Å². The van der Waals surface area contributed by atoms with Gasteiger partial charge >= 0.3 is 0 Å². The molecule has 0 bridgehead atoms. The first-order valence-electron chi connectivity index (χ1n) is 3.83. The number of aliphatic hydroxyl groups is 1. The lowest BCUT2D eigenvalue weighted by atomic mass is 9.68. The maximum atomic E-state index is 12.3. The molecule has 0 atom stereocenters. The minimum absolute atomic E-state index is 0.134. The van der Waals surface area contributed by atoms with Crippen molar-refractivity contribution in [2.24, 2.45) is 5.92 Å². The van der Waals surface area contributed by atoms with E-state index in [9.17, 15) is 13.9 Å². The minimum Gasteiger partial charge on any atom is -0.387 e. The van der Waals surface area contributed by atoms with Crippen molar-refractivity contribution in [1.82, 2.24) is 5.32 Å². The Morgan fingerprint density at radius 1 is 1.27 bits per heavy atom. The van der Waals surface area contributed by atoms with Crippen LogP contribution in [0.15, 0.2) is 0 Å². The third kappa shape index (κ3) is 1.05. The van der Waals surface area contributed by atoms with Gasteiger partial charge in [0.25, 0.3) is 0 Å². The first kappa shape index (κ1) is 7.43. The zero-order valence-electron chi connectivity index (χ0n) is 6.11. The highest BCUT2D eigenvalue weighted by molar-refractivity contribution is 5.05. The van der Waals surface area contributed by atoms with E-state index in [1.165, 1.54) is 0 Å². The molecule has 64 valence electrons. The first-order valence-corrected chi connectivity index (χ1v) is 3.83. The summed E-state index contributed by atoms with van der Waals surface area (Å²) in [7, 11) is 0. The summed E-state index contributed by atoms with van der Waals surface area (Å²) in [6.07, 6.45) is -0.268. The van der Waals surface area contributed by atoms with Gasteiger partial charge in [-0.05, 0) is 0 Å². The fraction of sp³-hybridized carbons (Fsp3) is 1.00. The number of nitrogens with one attached hydrogen (secondary N) is 1. The summed E-state index contributed by atoms with van der Waals surface area (Å²) in [5.74, 6) is -2.69. The van der Waals surface area contributed by atoms with Gasteiger partial charge in [-0.15, -0.1) is 0 Å². The zero-order chi connectivity index (χ0) is 8.11. The van der Waals surface area contributed by atoms with E-state index in [4.69, 9.17) is 0 Å². The molecule has 0 aromatic heterocycles. The fourth-order valence-electron chi connectivity index (χ4n) is 1.71. The van der Waals surface area contributed by atoms with Crippen molar-refractivity contribution in [3.63, 3.8) is 0 Å². The lowest BCUT2D eigenvalue weighted by Crippen LogP contribution is -2.67. The number of halogens is 2. The molecule has 2 nitrogen and oxygen atoms in total. The van der Waals surface area contributed by atoms with Gasteiger partial charge in [0.2, 0.25) is 5.92 Å². The van der Waals surface area contributed by atoms with E-state index in [2.05, 4.69) is 5.32 Å². The molecular weight excluding hydrogens is 152 g/mol. The van der Waals surface area contributed by atoms with Crippen LogP contribution in [0, 0.1) is 5.92 Å². The van der Waals surface area contributed by atoms with Crippen LogP contribution in [-0.4, -0.2) is 29.7 Å². The zero-order valence-corrected chi connectivity index (χ0v) is 6.11. The van der Waals surface area contributed by atoms with Crippen LogP contribution in [0.2, 0.25) is 0 Å². The molecule has 0 unspecified atom stereocenters. The molecule has 0 aromatic rings. The summed E-state index contributed by atoms with van der Waals surface area (Å²) in [5.41, 5.74) is -0.818. The number of alkyl halides is 2. The summed E-state index contributed by atoms with van der Waals surface area (Å²) < 4.78 is 24.7. The molecule has 2 rings (SSSR count). The molecule has 1 aliphatic carbocycles. The maximum absolute atomic E-state index is 12.3. The van der Waals surface area contributed by atoms with Gasteiger partial charge in [-0.3, -0.25) is 0 Å². The van der Waals surface area contributed by atoms with Gasteiger partial charge in [0.1, 0.15) is 0 Å². The molecule has 1 heterocycles. The van der Waals surface area contributed by atoms with E-state index >= 15 is 0 Å². The van der Waals surface area contributed by atoms with Crippen molar-refractivity contribution in [2.75, 3.05) is 13.1 Å². The predicted octanol–water partition coefficient (Wildman–Crippen LogP) is 0.366. The highest BCUT2D eigenvalue weighted by Gasteiger charge is 2.56. The fourth-order valence-corrected chi connectivity index (χ4v) is 1.71. The van der Waals surface area contributed by atoms with Gasteiger partial charge in [0.05, 0.1) is 5.60 Å².